The Kier molecular flexibility index (Phi) is 22.9. The van der Waals surface area contributed by atoms with Crippen LogP contribution in [0.2, 0.25) is 42.3 Å². The molecule has 5 N–H and O–H groups in total. The largest absolute Gasteiger partial charge is 0.503 e. The molecule has 486 valence electrons. The molecule has 0 amide bonds. The third-order valence-electron chi connectivity index (χ3n) is 16.0. The first-order valence-electron chi connectivity index (χ1n) is 26.8. The van der Waals surface area contributed by atoms with E-state index in [1.165, 1.54) is 0 Å². The normalized spacial score (nSPS) is 12.2. The summed E-state index contributed by atoms with van der Waals surface area (Å²) in [6.07, 6.45) is -8.70. The van der Waals surface area contributed by atoms with Gasteiger partial charge < -0.3 is 25.5 Å². The second-order valence-corrected chi connectivity index (χ2v) is 30.9. The molecule has 0 radical (unpaired) electrons. The fraction of sp³-hybridized carbons (Fsp3) is 0.345. The number of hydrogen-bond donors (Lipinski definition) is 5. The summed E-state index contributed by atoms with van der Waals surface area (Å²) in [5.74, 6) is -61.9. The second-order valence-electron chi connectivity index (χ2n) is 21.4. The first-order chi connectivity index (χ1) is 41.6. The summed E-state index contributed by atoms with van der Waals surface area (Å²) >= 11 is 0. The van der Waals surface area contributed by atoms with Crippen molar-refractivity contribution in [1.82, 2.24) is 0 Å². The van der Waals surface area contributed by atoms with Gasteiger partial charge in [-0.05, 0) is 45.4 Å². The molecular formula is C58H48F24O5Si2. The Labute approximate surface area is 491 Å². The molecule has 0 fully saturated rings. The standard InChI is InChI=1S/C58H48F24O5Si2/c1-23-30(59)32(61)24(33(62)31(23)60)9-2-15-88(16-3-10-25-34(63)44(73)54(83)45(74)35(25)64,17-4-11-26-36(65)46(75)55(84)47(76)37(26)66)21-8-22-89(18-5-12-27-38(67)48(77)56(85)49(78)39(27)68,19-6-13-28-40(69)50(79)57(86)51(80)41(28)70)20-7-14-29-42(71)52(81)58(87)53(82)43(29)72/h5,18,83-87H,2-4,6-17,19-22H2,1H3/b18-5+. The van der Waals surface area contributed by atoms with Crippen molar-refractivity contribution in [2.75, 3.05) is 0 Å². The number of rotatable bonds is 27. The zero-order valence-corrected chi connectivity index (χ0v) is 47.9. The van der Waals surface area contributed by atoms with E-state index in [1.54, 1.807) is 0 Å². The van der Waals surface area contributed by atoms with E-state index in [0.29, 0.717) is 6.92 Å². The molecule has 89 heavy (non-hydrogen) atoms. The van der Waals surface area contributed by atoms with E-state index in [-0.39, 0.29) is 6.04 Å². The molecule has 0 aliphatic heterocycles. The molecule has 0 spiro atoms. The van der Waals surface area contributed by atoms with Gasteiger partial charge in [0.1, 0.15) is 0 Å². The van der Waals surface area contributed by atoms with Crippen LogP contribution in [0.25, 0.3) is 0 Å². The van der Waals surface area contributed by atoms with Crippen LogP contribution in [0.15, 0.2) is 11.8 Å². The van der Waals surface area contributed by atoms with E-state index in [9.17, 15) is 78.2 Å². The smallest absolute Gasteiger partial charge is 0.203 e. The monoisotopic (exact) mass is 1340 g/mol. The maximum atomic E-state index is 15.4. The topological polar surface area (TPSA) is 101 Å². The third-order valence-corrected chi connectivity index (χ3v) is 26.7. The molecule has 0 heterocycles. The number of phenols is 5. The molecule has 31 heteroatoms. The summed E-state index contributed by atoms with van der Waals surface area (Å²) in [6.45, 7) is 0.683. The Balaban J connectivity index is 1.52. The molecule has 0 bridgehead atoms. The molecule has 0 saturated heterocycles. The predicted octanol–water partition coefficient (Wildman–Crippen LogP) is 18.0. The summed E-state index contributed by atoms with van der Waals surface area (Å²) in [7, 11) is -8.07. The SMILES string of the molecule is Cc1c(F)c(F)c(CCC[Si](CCCc2c(F)c(F)c(O)c(F)c2F)(CCCc2c(F)c(F)c(O)c(F)c2F)CCC[Si](/C=C/Cc2c(F)c(F)c(O)c(F)c2F)(CCCc2c(F)c(F)c(O)c(F)c2F)CCCc2c(F)c(F)c(O)c(F)c2F)c(F)c1F. The zero-order chi connectivity index (χ0) is 66.6. The van der Waals surface area contributed by atoms with Gasteiger partial charge in [-0.2, -0.15) is 43.9 Å². The maximum Gasteiger partial charge on any atom is 0.203 e. The molecule has 6 rings (SSSR count). The Morgan fingerprint density at radius 3 is 0.685 bits per heavy atom. The zero-order valence-electron chi connectivity index (χ0n) is 45.9. The van der Waals surface area contributed by atoms with Gasteiger partial charge in [-0.15, -0.1) is 0 Å². The number of benzene rings is 6. The van der Waals surface area contributed by atoms with E-state index < -0.39 is 337 Å². The maximum absolute atomic E-state index is 15.4. The van der Waals surface area contributed by atoms with Gasteiger partial charge in [-0.3, -0.25) is 0 Å². The average Bonchev–Trinajstić information content (AvgIpc) is 1.67. The first kappa shape index (κ1) is 70.9. The highest BCUT2D eigenvalue weighted by atomic mass is 28.3. The van der Waals surface area contributed by atoms with Gasteiger partial charge in [0.15, 0.2) is 110 Å². The number of halogens is 24. The van der Waals surface area contributed by atoms with Gasteiger partial charge >= 0.3 is 0 Å². The van der Waals surface area contributed by atoms with E-state index in [4.69, 9.17) is 0 Å². The highest BCUT2D eigenvalue weighted by molar-refractivity contribution is 6.85. The minimum atomic E-state index is -4.12. The lowest BCUT2D eigenvalue weighted by atomic mass is 10.0. The fourth-order valence-electron chi connectivity index (χ4n) is 11.2. The van der Waals surface area contributed by atoms with Crippen molar-refractivity contribution < 1.29 is 131 Å². The highest BCUT2D eigenvalue weighted by Crippen LogP contribution is 2.42. The van der Waals surface area contributed by atoms with Crippen LogP contribution in [-0.4, -0.2) is 41.7 Å². The summed E-state index contributed by atoms with van der Waals surface area (Å²) in [5.41, 5.74) is -7.93. The second kappa shape index (κ2) is 28.8. The van der Waals surface area contributed by atoms with Crippen LogP contribution in [0.4, 0.5) is 105 Å². The van der Waals surface area contributed by atoms with Gasteiger partial charge in [-0.1, -0.05) is 92.6 Å². The minimum Gasteiger partial charge on any atom is -0.503 e. The van der Waals surface area contributed by atoms with Gasteiger partial charge in [-0.25, -0.2) is 61.5 Å². The number of aromatic hydroxyl groups is 5. The van der Waals surface area contributed by atoms with E-state index >= 15 is 52.7 Å². The van der Waals surface area contributed by atoms with Crippen LogP contribution in [0.5, 0.6) is 28.7 Å². The molecule has 0 aliphatic rings. The molecule has 0 atom stereocenters. The van der Waals surface area contributed by atoms with Crippen LogP contribution < -0.4 is 0 Å². The van der Waals surface area contributed by atoms with Gasteiger partial charge in [0.25, 0.3) is 0 Å². The Morgan fingerprint density at radius 2 is 0.438 bits per heavy atom. The minimum absolute atomic E-state index is 0.364. The van der Waals surface area contributed by atoms with Gasteiger partial charge in [0, 0.05) is 38.9 Å². The van der Waals surface area contributed by atoms with E-state index in [2.05, 4.69) is 0 Å². The van der Waals surface area contributed by atoms with Crippen molar-refractivity contribution in [3.63, 3.8) is 0 Å². The van der Waals surface area contributed by atoms with Crippen molar-refractivity contribution in [1.29, 1.82) is 0 Å². The Bertz CT molecular complexity index is 3300. The number of phenolic OH excluding ortho intramolecular Hbond substituents is 5. The van der Waals surface area contributed by atoms with Crippen LogP contribution in [-0.2, 0) is 38.5 Å². The van der Waals surface area contributed by atoms with Crippen molar-refractivity contribution in [2.45, 2.75) is 126 Å². The average molecular weight is 1340 g/mol. The van der Waals surface area contributed by atoms with Crippen LogP contribution >= 0.6 is 0 Å². The molecule has 0 aromatic heterocycles. The van der Waals surface area contributed by atoms with E-state index in [0.717, 1.165) is 11.8 Å². The molecule has 0 unspecified atom stereocenters. The molecule has 6 aromatic rings. The molecular weight excluding hydrogens is 1290 g/mol. The number of allylic oxidation sites excluding steroid dienone is 1. The summed E-state index contributed by atoms with van der Waals surface area (Å²) in [5, 5.41) is 48.0. The number of hydrogen-bond acceptors (Lipinski definition) is 5. The predicted molar refractivity (Wildman–Crippen MR) is 275 cm³/mol. The lowest BCUT2D eigenvalue weighted by Crippen LogP contribution is -2.37. The third kappa shape index (κ3) is 14.4. The van der Waals surface area contributed by atoms with Crippen LogP contribution in [0.3, 0.4) is 0 Å². The van der Waals surface area contributed by atoms with Crippen molar-refractivity contribution in [3.8, 4) is 28.7 Å². The van der Waals surface area contributed by atoms with Crippen molar-refractivity contribution >= 4 is 16.1 Å². The summed E-state index contributed by atoms with van der Waals surface area (Å²) in [4.78, 5) is 0. The van der Waals surface area contributed by atoms with Crippen LogP contribution in [0, 0.1) is 147 Å². The quantitative estimate of drug-likeness (QED) is 0.0201. The van der Waals surface area contributed by atoms with Gasteiger partial charge in [0.2, 0.25) is 58.2 Å². The van der Waals surface area contributed by atoms with Crippen molar-refractivity contribution in [2.24, 2.45) is 0 Å². The van der Waals surface area contributed by atoms with Crippen LogP contribution in [0.1, 0.15) is 77.5 Å². The lowest BCUT2D eigenvalue weighted by Gasteiger charge is -2.35. The Morgan fingerprint density at radius 1 is 0.247 bits per heavy atom. The molecule has 5 nitrogen and oxygen atoms in total. The molecule has 6 aromatic carbocycles. The Hall–Kier alpha value is -7.19. The fourth-order valence-corrected chi connectivity index (χ4v) is 21.2. The van der Waals surface area contributed by atoms with E-state index in [1.807, 2.05) is 0 Å². The molecule has 0 aliphatic carbocycles. The highest BCUT2D eigenvalue weighted by Gasteiger charge is 2.38. The summed E-state index contributed by atoms with van der Waals surface area (Å²) in [6, 6.07) is -3.13. The molecule has 0 saturated carbocycles. The summed E-state index contributed by atoms with van der Waals surface area (Å²) < 4.78 is 359. The lowest BCUT2D eigenvalue weighted by molar-refractivity contribution is 0.350. The van der Waals surface area contributed by atoms with Crippen molar-refractivity contribution in [3.05, 3.63) is 190 Å². The first-order valence-corrected chi connectivity index (χ1v) is 32.3. The van der Waals surface area contributed by atoms with Gasteiger partial charge in [0.05, 0.1) is 16.1 Å².